The number of hydrogen-bond acceptors (Lipinski definition) is 3. The summed E-state index contributed by atoms with van der Waals surface area (Å²) in [5.41, 5.74) is 0.607. The second-order valence-electron chi connectivity index (χ2n) is 4.97. The highest BCUT2D eigenvalue weighted by Crippen LogP contribution is 2.30. The maximum absolute atomic E-state index is 11.3. The van der Waals surface area contributed by atoms with Crippen LogP contribution >= 0.6 is 11.6 Å². The highest BCUT2D eigenvalue weighted by molar-refractivity contribution is 6.32. The highest BCUT2D eigenvalue weighted by Gasteiger charge is 2.23. The Kier molecular flexibility index (Phi) is 4.83. The molecule has 1 aliphatic rings. The van der Waals surface area contributed by atoms with Gasteiger partial charge in [-0.2, -0.15) is 0 Å². The molecule has 1 saturated carbocycles. The summed E-state index contributed by atoms with van der Waals surface area (Å²) in [6, 6.07) is 5.19. The van der Waals surface area contributed by atoms with Gasteiger partial charge in [0.15, 0.2) is 5.78 Å². The van der Waals surface area contributed by atoms with Gasteiger partial charge in [0.2, 0.25) is 0 Å². The molecule has 1 aromatic rings. The summed E-state index contributed by atoms with van der Waals surface area (Å²) in [6.45, 7) is 1.52. The van der Waals surface area contributed by atoms with Crippen LogP contribution in [0.5, 0.6) is 5.75 Å². The van der Waals surface area contributed by atoms with Gasteiger partial charge in [-0.15, -0.1) is 0 Å². The first-order valence-corrected chi connectivity index (χ1v) is 6.98. The SMILES string of the molecule is COC1CCCC(Oc2ccc(C(C)=O)cc2Cl)C1. The van der Waals surface area contributed by atoms with Crippen LogP contribution in [0.25, 0.3) is 0 Å². The van der Waals surface area contributed by atoms with Crippen molar-refractivity contribution in [1.29, 1.82) is 0 Å². The molecule has 4 heteroatoms. The molecule has 0 aromatic heterocycles. The maximum Gasteiger partial charge on any atom is 0.159 e. The van der Waals surface area contributed by atoms with E-state index in [1.807, 2.05) is 0 Å². The predicted molar refractivity (Wildman–Crippen MR) is 75.1 cm³/mol. The van der Waals surface area contributed by atoms with E-state index in [2.05, 4.69) is 0 Å². The van der Waals surface area contributed by atoms with E-state index < -0.39 is 0 Å². The third-order valence-corrected chi connectivity index (χ3v) is 3.84. The summed E-state index contributed by atoms with van der Waals surface area (Å²) < 4.78 is 11.3. The molecule has 0 radical (unpaired) electrons. The van der Waals surface area contributed by atoms with Crippen LogP contribution < -0.4 is 4.74 Å². The molecule has 1 fully saturated rings. The average Bonchev–Trinajstić information content (AvgIpc) is 2.41. The van der Waals surface area contributed by atoms with Crippen molar-refractivity contribution >= 4 is 17.4 Å². The molecule has 2 unspecified atom stereocenters. The van der Waals surface area contributed by atoms with Crippen molar-refractivity contribution in [3.05, 3.63) is 28.8 Å². The lowest BCUT2D eigenvalue weighted by Gasteiger charge is -2.29. The summed E-state index contributed by atoms with van der Waals surface area (Å²) in [6.07, 6.45) is 4.51. The van der Waals surface area contributed by atoms with Crippen molar-refractivity contribution in [3.8, 4) is 5.75 Å². The second kappa shape index (κ2) is 6.40. The predicted octanol–water partition coefficient (Wildman–Crippen LogP) is 3.88. The molecule has 0 spiro atoms. The smallest absolute Gasteiger partial charge is 0.159 e. The van der Waals surface area contributed by atoms with E-state index in [1.165, 1.54) is 6.92 Å². The molecule has 3 nitrogen and oxygen atoms in total. The Hall–Kier alpha value is -1.06. The fraction of sp³-hybridized carbons (Fsp3) is 0.533. The normalized spacial score (nSPS) is 23.1. The largest absolute Gasteiger partial charge is 0.489 e. The minimum Gasteiger partial charge on any atom is -0.489 e. The first-order chi connectivity index (χ1) is 9.10. The van der Waals surface area contributed by atoms with Gasteiger partial charge in [0, 0.05) is 19.1 Å². The molecular formula is C15H19ClO3. The van der Waals surface area contributed by atoms with Gasteiger partial charge in [0.25, 0.3) is 0 Å². The van der Waals surface area contributed by atoms with Crippen molar-refractivity contribution in [2.45, 2.75) is 44.8 Å². The van der Waals surface area contributed by atoms with Crippen molar-refractivity contribution in [2.24, 2.45) is 0 Å². The van der Waals surface area contributed by atoms with Crippen LogP contribution in [0.3, 0.4) is 0 Å². The first kappa shape index (κ1) is 14.4. The number of carbonyl (C=O) groups excluding carboxylic acids is 1. The Morgan fingerprint density at radius 3 is 2.68 bits per heavy atom. The molecule has 0 saturated heterocycles. The maximum atomic E-state index is 11.3. The number of benzene rings is 1. The third-order valence-electron chi connectivity index (χ3n) is 3.54. The second-order valence-corrected chi connectivity index (χ2v) is 5.37. The van der Waals surface area contributed by atoms with Gasteiger partial charge in [-0.1, -0.05) is 11.6 Å². The Labute approximate surface area is 118 Å². The number of methoxy groups -OCH3 is 1. The van der Waals surface area contributed by atoms with Gasteiger partial charge in [-0.3, -0.25) is 4.79 Å². The molecule has 19 heavy (non-hydrogen) atoms. The van der Waals surface area contributed by atoms with E-state index in [9.17, 15) is 4.79 Å². The van der Waals surface area contributed by atoms with Crippen molar-refractivity contribution in [1.82, 2.24) is 0 Å². The molecule has 0 heterocycles. The minimum atomic E-state index is 0.00515. The zero-order valence-corrected chi connectivity index (χ0v) is 12.1. The molecule has 0 aliphatic heterocycles. The van der Waals surface area contributed by atoms with Crippen LogP contribution in [0.1, 0.15) is 43.0 Å². The molecule has 1 aliphatic carbocycles. The van der Waals surface area contributed by atoms with Crippen LogP contribution in [-0.4, -0.2) is 25.1 Å². The van der Waals surface area contributed by atoms with Gasteiger partial charge >= 0.3 is 0 Å². The summed E-state index contributed by atoms with van der Waals surface area (Å²) in [5, 5.41) is 0.493. The van der Waals surface area contributed by atoms with Crippen molar-refractivity contribution in [3.63, 3.8) is 0 Å². The Morgan fingerprint density at radius 2 is 2.05 bits per heavy atom. The Balaban J connectivity index is 2.04. The molecule has 0 amide bonds. The number of rotatable bonds is 4. The molecule has 104 valence electrons. The van der Waals surface area contributed by atoms with Crippen LogP contribution in [-0.2, 0) is 4.74 Å². The number of hydrogen-bond donors (Lipinski definition) is 0. The highest BCUT2D eigenvalue weighted by atomic mass is 35.5. The zero-order valence-electron chi connectivity index (χ0n) is 11.3. The molecular weight excluding hydrogens is 264 g/mol. The average molecular weight is 283 g/mol. The monoisotopic (exact) mass is 282 g/mol. The van der Waals surface area contributed by atoms with Crippen molar-refractivity contribution in [2.75, 3.05) is 7.11 Å². The van der Waals surface area contributed by atoms with Crippen LogP contribution in [0.4, 0.5) is 0 Å². The number of carbonyl (C=O) groups is 1. The van der Waals surface area contributed by atoms with Crippen LogP contribution in [0.2, 0.25) is 5.02 Å². The number of ketones is 1. The van der Waals surface area contributed by atoms with E-state index >= 15 is 0 Å². The quantitative estimate of drug-likeness (QED) is 0.786. The zero-order chi connectivity index (χ0) is 13.8. The van der Waals surface area contributed by atoms with E-state index in [4.69, 9.17) is 21.1 Å². The Bertz CT molecular complexity index is 459. The Morgan fingerprint density at radius 1 is 1.32 bits per heavy atom. The third kappa shape index (κ3) is 3.71. The number of ether oxygens (including phenoxy) is 2. The van der Waals surface area contributed by atoms with Crippen LogP contribution in [0, 0.1) is 0 Å². The minimum absolute atomic E-state index is 0.00515. The lowest BCUT2D eigenvalue weighted by atomic mass is 9.95. The molecule has 2 rings (SSSR count). The molecule has 2 atom stereocenters. The molecule has 0 N–H and O–H groups in total. The fourth-order valence-corrected chi connectivity index (χ4v) is 2.64. The molecule has 1 aromatic carbocycles. The first-order valence-electron chi connectivity index (χ1n) is 6.60. The van der Waals surface area contributed by atoms with Gasteiger partial charge in [-0.25, -0.2) is 0 Å². The van der Waals surface area contributed by atoms with Crippen LogP contribution in [0.15, 0.2) is 18.2 Å². The lowest BCUT2D eigenvalue weighted by molar-refractivity contribution is 0.0210. The number of Topliss-reactive ketones (excluding diaryl/α,β-unsaturated/α-hetero) is 1. The topological polar surface area (TPSA) is 35.5 Å². The summed E-state index contributed by atoms with van der Waals surface area (Å²) in [7, 11) is 1.74. The van der Waals surface area contributed by atoms with Crippen molar-refractivity contribution < 1.29 is 14.3 Å². The van der Waals surface area contributed by atoms with Gasteiger partial charge in [0.05, 0.1) is 11.1 Å². The molecule has 0 bridgehead atoms. The number of halogens is 1. The van der Waals surface area contributed by atoms with E-state index in [-0.39, 0.29) is 18.0 Å². The standard InChI is InChI=1S/C15H19ClO3/c1-10(17)11-6-7-15(14(16)8-11)19-13-5-3-4-12(9-13)18-2/h6-8,12-13H,3-5,9H2,1-2H3. The van der Waals surface area contributed by atoms with E-state index in [1.54, 1.807) is 25.3 Å². The van der Waals surface area contributed by atoms with Gasteiger partial charge < -0.3 is 9.47 Å². The fourth-order valence-electron chi connectivity index (χ4n) is 2.42. The van der Waals surface area contributed by atoms with E-state index in [0.29, 0.717) is 16.3 Å². The van der Waals surface area contributed by atoms with Gasteiger partial charge in [0.1, 0.15) is 11.9 Å². The summed E-state index contributed by atoms with van der Waals surface area (Å²) in [4.78, 5) is 11.3. The van der Waals surface area contributed by atoms with E-state index in [0.717, 1.165) is 25.7 Å². The van der Waals surface area contributed by atoms with Gasteiger partial charge in [-0.05, 0) is 44.4 Å². The summed E-state index contributed by atoms with van der Waals surface area (Å²) in [5.74, 6) is 0.652. The summed E-state index contributed by atoms with van der Waals surface area (Å²) >= 11 is 6.15. The lowest BCUT2D eigenvalue weighted by Crippen LogP contribution is -2.29.